The maximum absolute atomic E-state index is 12.4. The molecule has 2 amide bonds. The number of aromatic nitrogens is 2. The van der Waals surface area contributed by atoms with Gasteiger partial charge in [-0.15, -0.1) is 10.2 Å². The van der Waals surface area contributed by atoms with E-state index in [1.54, 1.807) is 0 Å². The van der Waals surface area contributed by atoms with Crippen LogP contribution in [0.25, 0.3) is 0 Å². The van der Waals surface area contributed by atoms with Crippen molar-refractivity contribution in [2.24, 2.45) is 11.8 Å². The van der Waals surface area contributed by atoms with E-state index in [9.17, 15) is 9.59 Å². The summed E-state index contributed by atoms with van der Waals surface area (Å²) in [6.07, 6.45) is 8.06. The number of amides is 2. The number of hydrogen-bond acceptors (Lipinski definition) is 6. The van der Waals surface area contributed by atoms with Crippen molar-refractivity contribution in [3.63, 3.8) is 0 Å². The predicted molar refractivity (Wildman–Crippen MR) is 96.9 cm³/mol. The largest absolute Gasteiger partial charge is 0.374 e. The van der Waals surface area contributed by atoms with Crippen molar-refractivity contribution in [1.82, 2.24) is 20.4 Å². The molecule has 0 unspecified atom stereocenters. The molecule has 25 heavy (non-hydrogen) atoms. The van der Waals surface area contributed by atoms with E-state index in [2.05, 4.69) is 15.5 Å². The molecule has 2 aliphatic rings. The summed E-state index contributed by atoms with van der Waals surface area (Å²) < 4.78 is 0. The van der Waals surface area contributed by atoms with Gasteiger partial charge in [-0.05, 0) is 25.2 Å². The Morgan fingerprint density at radius 3 is 2.76 bits per heavy atom. The monoisotopic (exact) mass is 365 g/mol. The number of hydrogen-bond donors (Lipinski definition) is 2. The molecule has 1 aromatic heterocycles. The van der Waals surface area contributed by atoms with Crippen LogP contribution in [0.3, 0.4) is 0 Å². The molecule has 7 nitrogen and oxygen atoms in total. The maximum atomic E-state index is 12.4. The van der Waals surface area contributed by atoms with Gasteiger partial charge in [0.05, 0.1) is 5.92 Å². The molecule has 1 aliphatic heterocycles. The minimum absolute atomic E-state index is 0.0404. The molecule has 2 fully saturated rings. The van der Waals surface area contributed by atoms with E-state index < -0.39 is 0 Å². The quantitative estimate of drug-likeness (QED) is 0.797. The molecule has 2 heterocycles. The lowest BCUT2D eigenvalue weighted by molar-refractivity contribution is -0.139. The fourth-order valence-corrected chi connectivity index (χ4v) is 4.40. The molecule has 1 aliphatic carbocycles. The summed E-state index contributed by atoms with van der Waals surface area (Å²) in [5, 5.41) is 12.0. The Labute approximate surface area is 152 Å². The maximum Gasteiger partial charge on any atom is 0.224 e. The van der Waals surface area contributed by atoms with Crippen molar-refractivity contribution in [3.8, 4) is 0 Å². The molecule has 1 saturated carbocycles. The smallest absolute Gasteiger partial charge is 0.224 e. The minimum atomic E-state index is -0.0965. The van der Waals surface area contributed by atoms with E-state index in [-0.39, 0.29) is 17.7 Å². The zero-order valence-electron chi connectivity index (χ0n) is 14.6. The highest BCUT2D eigenvalue weighted by Gasteiger charge is 2.31. The molecule has 1 atom stereocenters. The van der Waals surface area contributed by atoms with E-state index in [1.165, 1.54) is 43.4 Å². The molecule has 0 bridgehead atoms. The summed E-state index contributed by atoms with van der Waals surface area (Å²) in [5.74, 6) is 0.765. The predicted octanol–water partition coefficient (Wildman–Crippen LogP) is 1.60. The number of nitrogens with zero attached hydrogens (tertiary/aromatic N) is 3. The standard InChI is InChI=1S/C17H27N5O2S/c18-17-21-20-14(25-17)8-9-19-16(24)13-6-7-15(23)22(11-13)10-12-4-2-1-3-5-12/h12-13H,1-11H2,(H2,18,21)(H,19,24)/t13-/m0/s1. The molecule has 1 saturated heterocycles. The first-order chi connectivity index (χ1) is 12.1. The summed E-state index contributed by atoms with van der Waals surface area (Å²) >= 11 is 1.35. The van der Waals surface area contributed by atoms with Gasteiger partial charge in [0, 0.05) is 32.5 Å². The Morgan fingerprint density at radius 1 is 1.24 bits per heavy atom. The molecule has 3 rings (SSSR count). The molecule has 0 aromatic carbocycles. The molecular weight excluding hydrogens is 338 g/mol. The van der Waals surface area contributed by atoms with Crippen LogP contribution in [-0.4, -0.2) is 46.5 Å². The number of nitrogen functional groups attached to an aromatic ring is 1. The number of piperidine rings is 1. The van der Waals surface area contributed by atoms with Crippen molar-refractivity contribution < 1.29 is 9.59 Å². The number of likely N-dealkylation sites (tertiary alicyclic amines) is 1. The third-order valence-electron chi connectivity index (χ3n) is 5.19. The Kier molecular flexibility index (Phi) is 6.23. The van der Waals surface area contributed by atoms with Crippen molar-refractivity contribution in [2.45, 2.75) is 51.4 Å². The number of anilines is 1. The van der Waals surface area contributed by atoms with Crippen LogP contribution in [-0.2, 0) is 16.0 Å². The van der Waals surface area contributed by atoms with Gasteiger partial charge in [0.1, 0.15) is 5.01 Å². The summed E-state index contributed by atoms with van der Waals surface area (Å²) in [5.41, 5.74) is 5.55. The van der Waals surface area contributed by atoms with Crippen molar-refractivity contribution in [3.05, 3.63) is 5.01 Å². The van der Waals surface area contributed by atoms with Crippen LogP contribution < -0.4 is 11.1 Å². The number of carbonyl (C=O) groups is 2. The molecule has 138 valence electrons. The highest BCUT2D eigenvalue weighted by atomic mass is 32.1. The number of nitrogens with one attached hydrogen (secondary N) is 1. The van der Waals surface area contributed by atoms with Gasteiger partial charge in [0.25, 0.3) is 0 Å². The van der Waals surface area contributed by atoms with Gasteiger partial charge < -0.3 is 16.0 Å². The van der Waals surface area contributed by atoms with Crippen LogP contribution in [0.5, 0.6) is 0 Å². The van der Waals surface area contributed by atoms with Crippen LogP contribution in [0, 0.1) is 11.8 Å². The average molecular weight is 366 g/mol. The Hall–Kier alpha value is -1.70. The van der Waals surface area contributed by atoms with E-state index in [0.29, 0.717) is 43.4 Å². The molecular formula is C17H27N5O2S. The van der Waals surface area contributed by atoms with E-state index in [4.69, 9.17) is 5.73 Å². The molecule has 8 heteroatoms. The van der Waals surface area contributed by atoms with Gasteiger partial charge in [-0.25, -0.2) is 0 Å². The van der Waals surface area contributed by atoms with Crippen LogP contribution in [0.15, 0.2) is 0 Å². The fourth-order valence-electron chi connectivity index (χ4n) is 3.79. The second-order valence-electron chi connectivity index (χ2n) is 7.11. The van der Waals surface area contributed by atoms with Gasteiger partial charge in [-0.2, -0.15) is 0 Å². The molecule has 0 radical (unpaired) electrons. The van der Waals surface area contributed by atoms with Crippen LogP contribution in [0.1, 0.15) is 50.0 Å². The summed E-state index contributed by atoms with van der Waals surface area (Å²) in [7, 11) is 0. The zero-order valence-corrected chi connectivity index (χ0v) is 15.4. The first-order valence-electron chi connectivity index (χ1n) is 9.25. The molecule has 1 aromatic rings. The van der Waals surface area contributed by atoms with Gasteiger partial charge in [0.15, 0.2) is 0 Å². The number of rotatable bonds is 6. The Bertz CT molecular complexity index is 600. The minimum Gasteiger partial charge on any atom is -0.374 e. The van der Waals surface area contributed by atoms with Crippen LogP contribution in [0.2, 0.25) is 0 Å². The Balaban J connectivity index is 1.44. The lowest BCUT2D eigenvalue weighted by Gasteiger charge is -2.35. The molecule has 3 N–H and O–H groups in total. The highest BCUT2D eigenvalue weighted by molar-refractivity contribution is 7.15. The lowest BCUT2D eigenvalue weighted by atomic mass is 9.87. The van der Waals surface area contributed by atoms with E-state index >= 15 is 0 Å². The van der Waals surface area contributed by atoms with Gasteiger partial charge in [0.2, 0.25) is 16.9 Å². The lowest BCUT2D eigenvalue weighted by Crippen LogP contribution is -2.47. The second-order valence-corrected chi connectivity index (χ2v) is 8.21. The summed E-state index contributed by atoms with van der Waals surface area (Å²) in [6, 6.07) is 0. The average Bonchev–Trinajstić information content (AvgIpc) is 3.03. The van der Waals surface area contributed by atoms with E-state index in [0.717, 1.165) is 11.6 Å². The topological polar surface area (TPSA) is 101 Å². The fraction of sp³-hybridized carbons (Fsp3) is 0.765. The van der Waals surface area contributed by atoms with Gasteiger partial charge in [-0.1, -0.05) is 30.6 Å². The number of nitrogens with two attached hydrogens (primary N) is 1. The van der Waals surface area contributed by atoms with Crippen LogP contribution >= 0.6 is 11.3 Å². The van der Waals surface area contributed by atoms with Crippen LogP contribution in [0.4, 0.5) is 5.13 Å². The highest BCUT2D eigenvalue weighted by Crippen LogP contribution is 2.27. The van der Waals surface area contributed by atoms with E-state index in [1.807, 2.05) is 4.90 Å². The molecule has 0 spiro atoms. The third-order valence-corrected chi connectivity index (χ3v) is 6.01. The summed E-state index contributed by atoms with van der Waals surface area (Å²) in [4.78, 5) is 26.6. The van der Waals surface area contributed by atoms with Gasteiger partial charge in [-0.3, -0.25) is 9.59 Å². The first kappa shape index (κ1) is 18.1. The number of carbonyl (C=O) groups excluding carboxylic acids is 2. The Morgan fingerprint density at radius 2 is 2.04 bits per heavy atom. The third kappa shape index (κ3) is 5.14. The van der Waals surface area contributed by atoms with Crippen molar-refractivity contribution in [1.29, 1.82) is 0 Å². The second kappa shape index (κ2) is 8.60. The SMILES string of the molecule is Nc1nnc(CCNC(=O)[C@H]2CCC(=O)N(CC3CCCCC3)C2)s1. The van der Waals surface area contributed by atoms with Gasteiger partial charge >= 0.3 is 0 Å². The normalized spacial score (nSPS) is 22.2. The van der Waals surface area contributed by atoms with Crippen molar-refractivity contribution >= 4 is 28.3 Å². The van der Waals surface area contributed by atoms with Crippen molar-refractivity contribution in [2.75, 3.05) is 25.4 Å². The summed E-state index contributed by atoms with van der Waals surface area (Å²) in [6.45, 7) is 1.92. The zero-order chi connectivity index (χ0) is 17.6. The first-order valence-corrected chi connectivity index (χ1v) is 10.1.